The molecule has 4 nitrogen and oxygen atoms in total. The van der Waals surface area contributed by atoms with E-state index in [1.165, 1.54) is 0 Å². The van der Waals surface area contributed by atoms with Crippen molar-refractivity contribution in [2.45, 2.75) is 20.4 Å². The first-order valence-corrected chi connectivity index (χ1v) is 7.00. The number of hydrogen-bond acceptors (Lipinski definition) is 3. The van der Waals surface area contributed by atoms with Crippen molar-refractivity contribution in [2.75, 3.05) is 11.9 Å². The number of benzene rings is 2. The summed E-state index contributed by atoms with van der Waals surface area (Å²) < 4.78 is 0. The standard InChI is InChI=1S/C17H20N2O2/c1-3-18-11-13-5-7-14(8-6-13)19-17(21)15-9-4-12(2)10-16(15)20/h4-10,18,20H,3,11H2,1-2H3,(H,19,21). The highest BCUT2D eigenvalue weighted by Crippen LogP contribution is 2.20. The van der Waals surface area contributed by atoms with E-state index in [0.717, 1.165) is 24.2 Å². The molecule has 2 aromatic carbocycles. The molecule has 0 aliphatic heterocycles. The molecule has 0 unspecified atom stereocenters. The third kappa shape index (κ3) is 4.07. The molecule has 4 heteroatoms. The van der Waals surface area contributed by atoms with Crippen LogP contribution in [0.3, 0.4) is 0 Å². The highest BCUT2D eigenvalue weighted by molar-refractivity contribution is 6.06. The van der Waals surface area contributed by atoms with Crippen molar-refractivity contribution < 1.29 is 9.90 Å². The molecule has 0 atom stereocenters. The van der Waals surface area contributed by atoms with Gasteiger partial charge in [0.25, 0.3) is 5.91 Å². The van der Waals surface area contributed by atoms with E-state index in [1.54, 1.807) is 18.2 Å². The Morgan fingerprint density at radius 1 is 1.14 bits per heavy atom. The lowest BCUT2D eigenvalue weighted by molar-refractivity contribution is 0.102. The Morgan fingerprint density at radius 3 is 2.48 bits per heavy atom. The van der Waals surface area contributed by atoms with Crippen LogP contribution in [0.25, 0.3) is 0 Å². The second-order valence-corrected chi connectivity index (χ2v) is 4.95. The Kier molecular flexibility index (Phi) is 4.95. The summed E-state index contributed by atoms with van der Waals surface area (Å²) in [5, 5.41) is 15.8. The van der Waals surface area contributed by atoms with Crippen LogP contribution in [0.2, 0.25) is 0 Å². The number of hydrogen-bond donors (Lipinski definition) is 3. The van der Waals surface area contributed by atoms with Crippen LogP contribution in [-0.2, 0) is 6.54 Å². The van der Waals surface area contributed by atoms with Gasteiger partial charge in [0.2, 0.25) is 0 Å². The molecule has 110 valence electrons. The number of aromatic hydroxyl groups is 1. The maximum Gasteiger partial charge on any atom is 0.259 e. The fourth-order valence-corrected chi connectivity index (χ4v) is 2.01. The van der Waals surface area contributed by atoms with Crippen LogP contribution >= 0.6 is 0 Å². The molecule has 3 N–H and O–H groups in total. The second kappa shape index (κ2) is 6.90. The summed E-state index contributed by atoms with van der Waals surface area (Å²) in [5.41, 5.74) is 3.06. The molecular formula is C17H20N2O2. The molecule has 0 heterocycles. The van der Waals surface area contributed by atoms with Crippen LogP contribution in [0.4, 0.5) is 5.69 Å². The Morgan fingerprint density at radius 2 is 1.86 bits per heavy atom. The van der Waals surface area contributed by atoms with E-state index in [9.17, 15) is 9.90 Å². The molecular weight excluding hydrogens is 264 g/mol. The number of carbonyl (C=O) groups is 1. The van der Waals surface area contributed by atoms with Gasteiger partial charge >= 0.3 is 0 Å². The molecule has 1 amide bonds. The number of aryl methyl sites for hydroxylation is 1. The van der Waals surface area contributed by atoms with Gasteiger partial charge in [-0.3, -0.25) is 4.79 Å². The molecule has 0 aromatic heterocycles. The molecule has 0 radical (unpaired) electrons. The van der Waals surface area contributed by atoms with Crippen LogP contribution in [0.5, 0.6) is 5.75 Å². The van der Waals surface area contributed by atoms with Gasteiger partial charge in [-0.15, -0.1) is 0 Å². The fourth-order valence-electron chi connectivity index (χ4n) is 2.01. The Hall–Kier alpha value is -2.33. The van der Waals surface area contributed by atoms with E-state index >= 15 is 0 Å². The van der Waals surface area contributed by atoms with Crippen LogP contribution in [0.15, 0.2) is 42.5 Å². The molecule has 0 saturated carbocycles. The normalized spacial score (nSPS) is 10.4. The predicted octanol–water partition coefficient (Wildman–Crippen LogP) is 3.06. The summed E-state index contributed by atoms with van der Waals surface area (Å²) in [6.45, 7) is 5.65. The summed E-state index contributed by atoms with van der Waals surface area (Å²) in [6.07, 6.45) is 0. The molecule has 2 aromatic rings. The van der Waals surface area contributed by atoms with Crippen molar-refractivity contribution in [3.63, 3.8) is 0 Å². The number of phenolic OH excluding ortho intramolecular Hbond substituents is 1. The number of amides is 1. The summed E-state index contributed by atoms with van der Waals surface area (Å²) in [5.74, 6) is -0.316. The third-order valence-corrected chi connectivity index (χ3v) is 3.19. The molecule has 0 fully saturated rings. The lowest BCUT2D eigenvalue weighted by Crippen LogP contribution is -2.13. The zero-order valence-corrected chi connectivity index (χ0v) is 12.3. The molecule has 0 bridgehead atoms. The van der Waals surface area contributed by atoms with Crippen LogP contribution in [-0.4, -0.2) is 17.6 Å². The fraction of sp³-hybridized carbons (Fsp3) is 0.235. The quantitative estimate of drug-likeness (QED) is 0.790. The molecule has 0 saturated heterocycles. The van der Waals surface area contributed by atoms with Gasteiger partial charge < -0.3 is 15.7 Å². The van der Waals surface area contributed by atoms with Crippen LogP contribution in [0, 0.1) is 6.92 Å². The Bertz CT molecular complexity index is 621. The summed E-state index contributed by atoms with van der Waals surface area (Å²) in [6, 6.07) is 12.6. The SMILES string of the molecule is CCNCc1ccc(NC(=O)c2ccc(C)cc2O)cc1. The zero-order valence-electron chi connectivity index (χ0n) is 12.3. The predicted molar refractivity (Wildman–Crippen MR) is 84.6 cm³/mol. The van der Waals surface area contributed by atoms with Crippen LogP contribution < -0.4 is 10.6 Å². The Balaban J connectivity index is 2.05. The van der Waals surface area contributed by atoms with E-state index in [4.69, 9.17) is 0 Å². The molecule has 2 rings (SSSR count). The van der Waals surface area contributed by atoms with E-state index < -0.39 is 0 Å². The highest BCUT2D eigenvalue weighted by Gasteiger charge is 2.11. The first-order valence-electron chi connectivity index (χ1n) is 7.00. The number of nitrogens with one attached hydrogen (secondary N) is 2. The van der Waals surface area contributed by atoms with E-state index in [1.807, 2.05) is 31.2 Å². The largest absolute Gasteiger partial charge is 0.507 e. The highest BCUT2D eigenvalue weighted by atomic mass is 16.3. The van der Waals surface area contributed by atoms with Crippen LogP contribution in [0.1, 0.15) is 28.4 Å². The maximum atomic E-state index is 12.1. The van der Waals surface area contributed by atoms with Gasteiger partial charge in [0.15, 0.2) is 0 Å². The van der Waals surface area contributed by atoms with Gasteiger partial charge in [0, 0.05) is 12.2 Å². The Labute approximate surface area is 124 Å². The van der Waals surface area contributed by atoms with Gasteiger partial charge in [-0.25, -0.2) is 0 Å². The lowest BCUT2D eigenvalue weighted by atomic mass is 10.1. The van der Waals surface area contributed by atoms with Gasteiger partial charge in [0.05, 0.1) is 5.56 Å². The maximum absolute atomic E-state index is 12.1. The van der Waals surface area contributed by atoms with Gasteiger partial charge in [-0.1, -0.05) is 25.1 Å². The molecule has 0 aliphatic carbocycles. The van der Waals surface area contributed by atoms with Crippen molar-refractivity contribution in [3.05, 3.63) is 59.2 Å². The second-order valence-electron chi connectivity index (χ2n) is 4.95. The van der Waals surface area contributed by atoms with E-state index in [0.29, 0.717) is 5.69 Å². The number of phenols is 1. The minimum atomic E-state index is -0.313. The number of carbonyl (C=O) groups excluding carboxylic acids is 1. The smallest absolute Gasteiger partial charge is 0.259 e. The topological polar surface area (TPSA) is 61.4 Å². The average molecular weight is 284 g/mol. The first kappa shape index (κ1) is 15.1. The monoisotopic (exact) mass is 284 g/mol. The van der Waals surface area contributed by atoms with Crippen molar-refractivity contribution in [1.29, 1.82) is 0 Å². The summed E-state index contributed by atoms with van der Waals surface area (Å²) in [4.78, 5) is 12.1. The molecule has 21 heavy (non-hydrogen) atoms. The van der Waals surface area contributed by atoms with Crippen molar-refractivity contribution >= 4 is 11.6 Å². The minimum absolute atomic E-state index is 0.00346. The first-order chi connectivity index (χ1) is 10.1. The van der Waals surface area contributed by atoms with Crippen molar-refractivity contribution in [1.82, 2.24) is 5.32 Å². The van der Waals surface area contributed by atoms with Gasteiger partial charge in [-0.05, 0) is 48.9 Å². The van der Waals surface area contributed by atoms with Gasteiger partial charge in [-0.2, -0.15) is 0 Å². The van der Waals surface area contributed by atoms with Gasteiger partial charge in [0.1, 0.15) is 5.75 Å². The van der Waals surface area contributed by atoms with Crippen molar-refractivity contribution in [2.24, 2.45) is 0 Å². The molecule has 0 spiro atoms. The van der Waals surface area contributed by atoms with Crippen molar-refractivity contribution in [3.8, 4) is 5.75 Å². The van der Waals surface area contributed by atoms with E-state index in [-0.39, 0.29) is 17.2 Å². The minimum Gasteiger partial charge on any atom is -0.507 e. The number of rotatable bonds is 5. The third-order valence-electron chi connectivity index (χ3n) is 3.19. The van der Waals surface area contributed by atoms with E-state index in [2.05, 4.69) is 17.6 Å². The molecule has 0 aliphatic rings. The summed E-state index contributed by atoms with van der Waals surface area (Å²) >= 11 is 0. The zero-order chi connectivity index (χ0) is 15.2. The number of anilines is 1. The average Bonchev–Trinajstić information content (AvgIpc) is 2.46. The lowest BCUT2D eigenvalue weighted by Gasteiger charge is -2.08. The summed E-state index contributed by atoms with van der Waals surface area (Å²) in [7, 11) is 0.